The van der Waals surface area contributed by atoms with Crippen LogP contribution in [0.5, 0.6) is 5.75 Å². The number of hydrogen-bond donors (Lipinski definition) is 2. The standard InChI is InChI=1S/C22H30N2O2/c1-6-16(4)19-12-7-9-13-20(19)24-22(25)23-17(5)26-21-14-10-8-11-18(21)15(2)3/h7-17H,6H2,1-5H3,(H2,23,24,25). The quantitative estimate of drug-likeness (QED) is 0.611. The van der Waals surface area contributed by atoms with Gasteiger partial charge in [-0.25, -0.2) is 4.79 Å². The summed E-state index contributed by atoms with van der Waals surface area (Å²) in [5, 5.41) is 5.80. The molecule has 0 bridgehead atoms. The van der Waals surface area contributed by atoms with Crippen LogP contribution < -0.4 is 15.4 Å². The van der Waals surface area contributed by atoms with Gasteiger partial charge in [0.05, 0.1) is 0 Å². The lowest BCUT2D eigenvalue weighted by molar-refractivity contribution is 0.181. The summed E-state index contributed by atoms with van der Waals surface area (Å²) in [6.45, 7) is 10.4. The van der Waals surface area contributed by atoms with Gasteiger partial charge in [0.25, 0.3) is 0 Å². The molecule has 4 heteroatoms. The first-order valence-electron chi connectivity index (χ1n) is 9.34. The maximum Gasteiger partial charge on any atom is 0.322 e. The number of urea groups is 1. The summed E-state index contributed by atoms with van der Waals surface area (Å²) >= 11 is 0. The summed E-state index contributed by atoms with van der Waals surface area (Å²) in [7, 11) is 0. The fourth-order valence-electron chi connectivity index (χ4n) is 2.89. The molecule has 0 heterocycles. The fourth-order valence-corrected chi connectivity index (χ4v) is 2.89. The average molecular weight is 354 g/mol. The van der Waals surface area contributed by atoms with Gasteiger partial charge in [-0.05, 0) is 48.4 Å². The molecule has 2 amide bonds. The van der Waals surface area contributed by atoms with Gasteiger partial charge in [-0.1, -0.05) is 64.1 Å². The van der Waals surface area contributed by atoms with Crippen molar-refractivity contribution in [3.05, 3.63) is 59.7 Å². The highest BCUT2D eigenvalue weighted by Gasteiger charge is 2.14. The number of ether oxygens (including phenoxy) is 1. The van der Waals surface area contributed by atoms with E-state index in [4.69, 9.17) is 4.74 Å². The lowest BCUT2D eigenvalue weighted by atomic mass is 9.97. The minimum atomic E-state index is -0.439. The Balaban J connectivity index is 2.01. The second-order valence-corrected chi connectivity index (χ2v) is 6.95. The maximum atomic E-state index is 12.4. The highest BCUT2D eigenvalue weighted by atomic mass is 16.5. The minimum absolute atomic E-state index is 0.268. The van der Waals surface area contributed by atoms with Gasteiger partial charge in [-0.15, -0.1) is 0 Å². The van der Waals surface area contributed by atoms with Crippen molar-refractivity contribution in [3.8, 4) is 5.75 Å². The number of amides is 2. The van der Waals surface area contributed by atoms with Gasteiger partial charge in [-0.3, -0.25) is 0 Å². The topological polar surface area (TPSA) is 50.4 Å². The summed E-state index contributed by atoms with van der Waals surface area (Å²) < 4.78 is 5.94. The van der Waals surface area contributed by atoms with Gasteiger partial charge in [0.15, 0.2) is 6.23 Å². The van der Waals surface area contributed by atoms with Crippen LogP contribution in [0.4, 0.5) is 10.5 Å². The molecule has 2 aromatic carbocycles. The maximum absolute atomic E-state index is 12.4. The van der Waals surface area contributed by atoms with Crippen molar-refractivity contribution in [2.24, 2.45) is 0 Å². The third kappa shape index (κ3) is 5.25. The Kier molecular flexibility index (Phi) is 7.07. The van der Waals surface area contributed by atoms with E-state index < -0.39 is 6.23 Å². The molecule has 0 aliphatic carbocycles. The van der Waals surface area contributed by atoms with Crippen LogP contribution in [0.25, 0.3) is 0 Å². The molecule has 0 aliphatic heterocycles. The largest absolute Gasteiger partial charge is 0.471 e. The highest BCUT2D eigenvalue weighted by molar-refractivity contribution is 5.90. The summed E-state index contributed by atoms with van der Waals surface area (Å²) in [6.07, 6.45) is 0.580. The summed E-state index contributed by atoms with van der Waals surface area (Å²) in [6, 6.07) is 15.6. The molecule has 4 nitrogen and oxygen atoms in total. The minimum Gasteiger partial charge on any atom is -0.471 e. The Labute approximate surface area is 157 Å². The van der Waals surface area contributed by atoms with Crippen LogP contribution in [0, 0.1) is 0 Å². The lowest BCUT2D eigenvalue weighted by Gasteiger charge is -2.21. The molecule has 26 heavy (non-hydrogen) atoms. The number of nitrogens with one attached hydrogen (secondary N) is 2. The van der Waals surface area contributed by atoms with Crippen LogP contribution in [0.1, 0.15) is 64.0 Å². The molecule has 2 N–H and O–H groups in total. The molecular weight excluding hydrogens is 324 g/mol. The van der Waals surface area contributed by atoms with Crippen LogP contribution in [-0.4, -0.2) is 12.3 Å². The average Bonchev–Trinajstić information content (AvgIpc) is 2.61. The summed E-state index contributed by atoms with van der Waals surface area (Å²) in [4.78, 5) is 12.4. The molecule has 0 saturated carbocycles. The summed E-state index contributed by atoms with van der Waals surface area (Å²) in [5.74, 6) is 1.54. The number of rotatable bonds is 7. The molecule has 0 aliphatic rings. The van der Waals surface area contributed by atoms with Gasteiger partial charge < -0.3 is 15.4 Å². The fraction of sp³-hybridized carbons (Fsp3) is 0.409. The zero-order chi connectivity index (χ0) is 19.1. The third-order valence-corrected chi connectivity index (χ3v) is 4.53. The molecular formula is C22H30N2O2. The lowest BCUT2D eigenvalue weighted by Crippen LogP contribution is -2.39. The van der Waals surface area contributed by atoms with E-state index in [1.54, 1.807) is 0 Å². The Morgan fingerprint density at radius 2 is 1.58 bits per heavy atom. The van der Waals surface area contributed by atoms with Gasteiger partial charge in [0.1, 0.15) is 5.75 Å². The number of hydrogen-bond acceptors (Lipinski definition) is 2. The van der Waals surface area contributed by atoms with Crippen molar-refractivity contribution in [3.63, 3.8) is 0 Å². The van der Waals surface area contributed by atoms with E-state index in [1.807, 2.05) is 43.3 Å². The van der Waals surface area contributed by atoms with Crippen LogP contribution in [0.15, 0.2) is 48.5 Å². The molecule has 2 unspecified atom stereocenters. The highest BCUT2D eigenvalue weighted by Crippen LogP contribution is 2.27. The van der Waals surface area contributed by atoms with Crippen LogP contribution in [0.2, 0.25) is 0 Å². The van der Waals surface area contributed by atoms with E-state index in [9.17, 15) is 4.79 Å². The molecule has 2 aromatic rings. The van der Waals surface area contributed by atoms with E-state index in [0.717, 1.165) is 29.0 Å². The van der Waals surface area contributed by atoms with Crippen molar-refractivity contribution >= 4 is 11.7 Å². The van der Waals surface area contributed by atoms with Crippen LogP contribution in [-0.2, 0) is 0 Å². The van der Waals surface area contributed by atoms with E-state index in [2.05, 4.69) is 50.5 Å². The molecule has 2 atom stereocenters. The third-order valence-electron chi connectivity index (χ3n) is 4.53. The molecule has 0 aromatic heterocycles. The number of anilines is 1. The van der Waals surface area contributed by atoms with Gasteiger partial charge >= 0.3 is 6.03 Å². The molecule has 140 valence electrons. The predicted molar refractivity (Wildman–Crippen MR) is 108 cm³/mol. The van der Waals surface area contributed by atoms with E-state index in [0.29, 0.717) is 11.8 Å². The number of para-hydroxylation sites is 2. The zero-order valence-electron chi connectivity index (χ0n) is 16.4. The first-order chi connectivity index (χ1) is 12.4. The van der Waals surface area contributed by atoms with Crippen LogP contribution in [0.3, 0.4) is 0 Å². The molecule has 0 spiro atoms. The van der Waals surface area contributed by atoms with E-state index >= 15 is 0 Å². The molecule has 0 radical (unpaired) electrons. The van der Waals surface area contributed by atoms with Crippen molar-refractivity contribution in [1.82, 2.24) is 5.32 Å². The van der Waals surface area contributed by atoms with Crippen molar-refractivity contribution < 1.29 is 9.53 Å². The number of carbonyl (C=O) groups is 1. The van der Waals surface area contributed by atoms with Crippen LogP contribution >= 0.6 is 0 Å². The normalized spacial score (nSPS) is 13.2. The number of carbonyl (C=O) groups excluding carboxylic acids is 1. The SMILES string of the molecule is CCC(C)c1ccccc1NC(=O)NC(C)Oc1ccccc1C(C)C. The Morgan fingerprint density at radius 1 is 0.962 bits per heavy atom. The first-order valence-corrected chi connectivity index (χ1v) is 9.34. The van der Waals surface area contributed by atoms with Crippen molar-refractivity contribution in [1.29, 1.82) is 0 Å². The molecule has 0 fully saturated rings. The van der Waals surface area contributed by atoms with Gasteiger partial charge in [0.2, 0.25) is 0 Å². The van der Waals surface area contributed by atoms with E-state index in [-0.39, 0.29) is 6.03 Å². The smallest absolute Gasteiger partial charge is 0.322 e. The van der Waals surface area contributed by atoms with Gasteiger partial charge in [0, 0.05) is 5.69 Å². The Morgan fingerprint density at radius 3 is 2.23 bits per heavy atom. The van der Waals surface area contributed by atoms with E-state index in [1.165, 1.54) is 0 Å². The first kappa shape index (κ1) is 19.8. The van der Waals surface area contributed by atoms with Crippen molar-refractivity contribution in [2.75, 3.05) is 5.32 Å². The second kappa shape index (κ2) is 9.27. The zero-order valence-corrected chi connectivity index (χ0v) is 16.4. The number of benzene rings is 2. The predicted octanol–water partition coefficient (Wildman–Crippen LogP) is 5.87. The van der Waals surface area contributed by atoms with Crippen molar-refractivity contribution in [2.45, 2.75) is 59.1 Å². The Hall–Kier alpha value is -2.49. The summed E-state index contributed by atoms with van der Waals surface area (Å²) in [5.41, 5.74) is 3.11. The monoisotopic (exact) mass is 354 g/mol. The second-order valence-electron chi connectivity index (χ2n) is 6.95. The van der Waals surface area contributed by atoms with Gasteiger partial charge in [-0.2, -0.15) is 0 Å². The molecule has 0 saturated heterocycles. The molecule has 2 rings (SSSR count). The Bertz CT molecular complexity index is 728.